The van der Waals surface area contributed by atoms with Crippen molar-refractivity contribution >= 4 is 17.3 Å². The number of halogens is 1. The van der Waals surface area contributed by atoms with Crippen molar-refractivity contribution < 1.29 is 14.7 Å². The number of rotatable bonds is 9. The van der Waals surface area contributed by atoms with E-state index in [-0.39, 0.29) is 18.3 Å². The smallest absolute Gasteiger partial charge is 0.145 e. The molecule has 5 nitrogen and oxygen atoms in total. The van der Waals surface area contributed by atoms with Crippen LogP contribution >= 0.6 is 11.6 Å². The molecule has 0 radical (unpaired) electrons. The minimum absolute atomic E-state index is 0.0637. The van der Waals surface area contributed by atoms with Crippen molar-refractivity contribution in [3.63, 3.8) is 0 Å². The van der Waals surface area contributed by atoms with Crippen LogP contribution < -0.4 is 0 Å². The Morgan fingerprint density at radius 2 is 1.97 bits per heavy atom. The van der Waals surface area contributed by atoms with Crippen LogP contribution in [0.15, 0.2) is 53.7 Å². The maximum Gasteiger partial charge on any atom is 0.145 e. The van der Waals surface area contributed by atoms with Crippen molar-refractivity contribution in [2.24, 2.45) is 5.16 Å². The van der Waals surface area contributed by atoms with Gasteiger partial charge in [0.2, 0.25) is 0 Å². The number of aryl methyl sites for hydroxylation is 1. The van der Waals surface area contributed by atoms with E-state index in [2.05, 4.69) is 41.2 Å². The third kappa shape index (κ3) is 7.93. The Hall–Kier alpha value is -1.92. The molecule has 0 amide bonds. The molecule has 0 saturated heterocycles. The fourth-order valence-electron chi connectivity index (χ4n) is 3.52. The van der Waals surface area contributed by atoms with Crippen LogP contribution in [0.5, 0.6) is 0 Å². The van der Waals surface area contributed by atoms with E-state index in [9.17, 15) is 5.11 Å². The van der Waals surface area contributed by atoms with Gasteiger partial charge in [-0.2, -0.15) is 0 Å². The molecule has 2 aromatic carbocycles. The van der Waals surface area contributed by atoms with Crippen LogP contribution in [-0.2, 0) is 16.1 Å². The molecule has 0 aliphatic carbocycles. The first-order valence-electron chi connectivity index (χ1n) is 10.8. The summed E-state index contributed by atoms with van der Waals surface area (Å²) in [6.45, 7) is 10.1. The number of benzene rings is 2. The fraction of sp³-hybridized carbons (Fsp3) is 0.480. The Bertz CT molecular complexity index is 877. The van der Waals surface area contributed by atoms with E-state index in [1.54, 1.807) is 0 Å². The van der Waals surface area contributed by atoms with Crippen molar-refractivity contribution in [2.45, 2.75) is 58.5 Å². The van der Waals surface area contributed by atoms with Crippen molar-refractivity contribution in [3.05, 3.63) is 70.2 Å². The van der Waals surface area contributed by atoms with Gasteiger partial charge in [0.05, 0.1) is 24.0 Å². The lowest BCUT2D eigenvalue weighted by Crippen LogP contribution is -2.40. The Kier molecular flexibility index (Phi) is 8.11. The number of hydrogen-bond donors (Lipinski definition) is 1. The summed E-state index contributed by atoms with van der Waals surface area (Å²) < 4.78 is 5.76. The summed E-state index contributed by atoms with van der Waals surface area (Å²) in [4.78, 5) is 7.93. The molecule has 0 saturated carbocycles. The Morgan fingerprint density at radius 3 is 2.65 bits per heavy atom. The summed E-state index contributed by atoms with van der Waals surface area (Å²) >= 11 is 6.17. The lowest BCUT2D eigenvalue weighted by atomic mass is 10.0. The maximum atomic E-state index is 10.6. The number of aliphatic hydroxyl groups is 1. The molecule has 3 rings (SSSR count). The predicted octanol–water partition coefficient (Wildman–Crippen LogP) is 4.82. The highest BCUT2D eigenvalue weighted by Crippen LogP contribution is 2.20. The molecule has 1 heterocycles. The van der Waals surface area contributed by atoms with Gasteiger partial charge in [0.1, 0.15) is 6.10 Å². The molecule has 6 heteroatoms. The lowest BCUT2D eigenvalue weighted by Gasteiger charge is -2.28. The molecule has 2 aromatic rings. The standard InChI is InChI=1S/C25H33ClN2O3/c1-18-8-10-20(11-9-18)24-13-23(31-27-24)16-28(14-19-6-5-7-21(26)12-19)15-22(29)17-30-25(2,3)4/h5-12,22-23,29H,13-17H2,1-4H3. The van der Waals surface area contributed by atoms with Crippen molar-refractivity contribution in [1.82, 2.24) is 4.90 Å². The molecular weight excluding hydrogens is 412 g/mol. The third-order valence-electron chi connectivity index (χ3n) is 5.05. The largest absolute Gasteiger partial charge is 0.390 e. The second-order valence-corrected chi connectivity index (χ2v) is 9.67. The van der Waals surface area contributed by atoms with Crippen LogP contribution in [0.3, 0.4) is 0 Å². The van der Waals surface area contributed by atoms with Gasteiger partial charge in [-0.05, 0) is 51.0 Å². The number of oxime groups is 1. The summed E-state index contributed by atoms with van der Waals surface area (Å²) in [6.07, 6.45) is 0.0764. The highest BCUT2D eigenvalue weighted by molar-refractivity contribution is 6.30. The van der Waals surface area contributed by atoms with E-state index in [4.69, 9.17) is 21.2 Å². The second-order valence-electron chi connectivity index (χ2n) is 9.24. The quantitative estimate of drug-likeness (QED) is 0.602. The van der Waals surface area contributed by atoms with Crippen LogP contribution in [0.25, 0.3) is 0 Å². The molecule has 0 spiro atoms. The summed E-state index contributed by atoms with van der Waals surface area (Å²) in [7, 11) is 0. The fourth-order valence-corrected chi connectivity index (χ4v) is 3.74. The molecule has 0 aromatic heterocycles. The summed E-state index contributed by atoms with van der Waals surface area (Å²) in [5.41, 5.74) is 4.08. The van der Waals surface area contributed by atoms with E-state index in [0.29, 0.717) is 24.7 Å². The first kappa shape index (κ1) is 23.7. The summed E-state index contributed by atoms with van der Waals surface area (Å²) in [5, 5.41) is 15.6. The van der Waals surface area contributed by atoms with E-state index < -0.39 is 6.10 Å². The molecule has 0 bridgehead atoms. The Morgan fingerprint density at radius 1 is 1.23 bits per heavy atom. The van der Waals surface area contributed by atoms with Crippen LogP contribution in [0.1, 0.15) is 43.9 Å². The minimum atomic E-state index is -0.600. The van der Waals surface area contributed by atoms with Crippen LogP contribution in [0, 0.1) is 6.92 Å². The normalized spacial score (nSPS) is 17.5. The predicted molar refractivity (Wildman–Crippen MR) is 126 cm³/mol. The number of ether oxygens (including phenoxy) is 1. The molecule has 168 valence electrons. The maximum absolute atomic E-state index is 10.6. The molecule has 0 fully saturated rings. The van der Waals surface area contributed by atoms with Gasteiger partial charge in [0.25, 0.3) is 0 Å². The second kappa shape index (κ2) is 10.6. The zero-order chi connectivity index (χ0) is 22.4. The van der Waals surface area contributed by atoms with E-state index >= 15 is 0 Å². The van der Waals surface area contributed by atoms with Gasteiger partial charge < -0.3 is 14.7 Å². The van der Waals surface area contributed by atoms with Crippen LogP contribution in [0.2, 0.25) is 5.02 Å². The highest BCUT2D eigenvalue weighted by Gasteiger charge is 2.26. The average molecular weight is 445 g/mol. The van der Waals surface area contributed by atoms with Gasteiger partial charge in [0.15, 0.2) is 0 Å². The van der Waals surface area contributed by atoms with Crippen molar-refractivity contribution in [2.75, 3.05) is 19.7 Å². The Labute approximate surface area is 190 Å². The van der Waals surface area contributed by atoms with E-state index in [1.807, 2.05) is 45.0 Å². The molecule has 2 atom stereocenters. The zero-order valence-corrected chi connectivity index (χ0v) is 19.6. The lowest BCUT2D eigenvalue weighted by molar-refractivity contribution is -0.0600. The average Bonchev–Trinajstić information content (AvgIpc) is 3.15. The molecule has 2 unspecified atom stereocenters. The minimum Gasteiger partial charge on any atom is -0.390 e. The summed E-state index contributed by atoms with van der Waals surface area (Å²) in [5.74, 6) is 0. The third-order valence-corrected chi connectivity index (χ3v) is 5.29. The van der Waals surface area contributed by atoms with Crippen LogP contribution in [0.4, 0.5) is 0 Å². The molecule has 31 heavy (non-hydrogen) atoms. The highest BCUT2D eigenvalue weighted by atomic mass is 35.5. The SMILES string of the molecule is Cc1ccc(C2=NOC(CN(Cc3cccc(Cl)c3)CC(O)COC(C)(C)C)C2)cc1. The number of hydrogen-bond acceptors (Lipinski definition) is 5. The topological polar surface area (TPSA) is 54.3 Å². The van der Waals surface area contributed by atoms with Gasteiger partial charge in [-0.1, -0.05) is 58.7 Å². The first-order chi connectivity index (χ1) is 14.7. The van der Waals surface area contributed by atoms with Gasteiger partial charge in [-0.25, -0.2) is 0 Å². The van der Waals surface area contributed by atoms with Gasteiger partial charge in [-0.3, -0.25) is 4.90 Å². The van der Waals surface area contributed by atoms with E-state index in [1.165, 1.54) is 5.56 Å². The van der Waals surface area contributed by atoms with Gasteiger partial charge in [-0.15, -0.1) is 0 Å². The Balaban J connectivity index is 1.62. The molecule has 1 aliphatic rings. The first-order valence-corrected chi connectivity index (χ1v) is 11.1. The summed E-state index contributed by atoms with van der Waals surface area (Å²) in [6, 6.07) is 16.1. The van der Waals surface area contributed by atoms with Gasteiger partial charge in [0, 0.05) is 31.1 Å². The monoisotopic (exact) mass is 444 g/mol. The van der Waals surface area contributed by atoms with Crippen LogP contribution in [-0.4, -0.2) is 53.2 Å². The zero-order valence-electron chi connectivity index (χ0n) is 18.8. The van der Waals surface area contributed by atoms with Crippen molar-refractivity contribution in [1.29, 1.82) is 0 Å². The molecule has 1 N–H and O–H groups in total. The van der Waals surface area contributed by atoms with Gasteiger partial charge >= 0.3 is 0 Å². The number of nitrogens with zero attached hydrogens (tertiary/aromatic N) is 2. The molecule has 1 aliphatic heterocycles. The van der Waals surface area contributed by atoms with Crippen molar-refractivity contribution in [3.8, 4) is 0 Å². The number of aliphatic hydroxyl groups excluding tert-OH is 1. The molecular formula is C25H33ClN2O3. The van der Waals surface area contributed by atoms with E-state index in [0.717, 1.165) is 23.3 Å².